The largest absolute Gasteiger partial charge is 0.495 e. The van der Waals surface area contributed by atoms with Crippen LogP contribution in [0.25, 0.3) is 16.9 Å². The summed E-state index contributed by atoms with van der Waals surface area (Å²) in [6.07, 6.45) is 4.00. The zero-order valence-corrected chi connectivity index (χ0v) is 23.7. The van der Waals surface area contributed by atoms with Crippen LogP contribution in [-0.2, 0) is 11.3 Å². The second-order valence-corrected chi connectivity index (χ2v) is 10.9. The van der Waals surface area contributed by atoms with Gasteiger partial charge in [-0.15, -0.1) is 0 Å². The molecule has 42 heavy (non-hydrogen) atoms. The second-order valence-electron chi connectivity index (χ2n) is 10.9. The lowest BCUT2D eigenvalue weighted by atomic mass is 10.2. The summed E-state index contributed by atoms with van der Waals surface area (Å²) >= 11 is 0. The Balaban J connectivity index is 1.29. The van der Waals surface area contributed by atoms with E-state index in [9.17, 15) is 9.59 Å². The number of hydrogen-bond donors (Lipinski definition) is 1. The Kier molecular flexibility index (Phi) is 6.65. The first-order valence-electron chi connectivity index (χ1n) is 14.3. The maximum Gasteiger partial charge on any atom is 0.278 e. The van der Waals surface area contributed by atoms with E-state index in [0.717, 1.165) is 62.6 Å². The van der Waals surface area contributed by atoms with Gasteiger partial charge in [-0.05, 0) is 56.6 Å². The van der Waals surface area contributed by atoms with E-state index in [1.54, 1.807) is 39.7 Å². The number of likely N-dealkylation sites (N-methyl/N-ethyl adjacent to an activating group) is 1. The van der Waals surface area contributed by atoms with E-state index in [-0.39, 0.29) is 18.1 Å². The van der Waals surface area contributed by atoms with Crippen LogP contribution in [0.3, 0.4) is 0 Å². The minimum absolute atomic E-state index is 0.00464. The minimum Gasteiger partial charge on any atom is -0.495 e. The third kappa shape index (κ3) is 4.59. The predicted octanol–water partition coefficient (Wildman–Crippen LogP) is 2.39. The van der Waals surface area contributed by atoms with Gasteiger partial charge in [-0.1, -0.05) is 0 Å². The molecular weight excluding hydrogens is 538 g/mol. The Morgan fingerprint density at radius 3 is 2.62 bits per heavy atom. The second kappa shape index (κ2) is 10.6. The monoisotopic (exact) mass is 571 g/mol. The first kappa shape index (κ1) is 26.3. The summed E-state index contributed by atoms with van der Waals surface area (Å²) in [5.74, 6) is 2.54. The van der Waals surface area contributed by atoms with Crippen molar-refractivity contribution in [2.75, 3.05) is 68.6 Å². The molecule has 0 saturated carbocycles. The molecule has 3 aromatic heterocycles. The van der Waals surface area contributed by atoms with Crippen molar-refractivity contribution >= 4 is 40.1 Å². The average Bonchev–Trinajstić information content (AvgIpc) is 3.26. The lowest BCUT2D eigenvalue weighted by Crippen LogP contribution is -2.44. The van der Waals surface area contributed by atoms with E-state index >= 15 is 0 Å². The topological polar surface area (TPSA) is 123 Å². The van der Waals surface area contributed by atoms with Crippen LogP contribution in [0.15, 0.2) is 41.3 Å². The van der Waals surface area contributed by atoms with Crippen LogP contribution in [0.4, 0.5) is 23.1 Å². The quantitative estimate of drug-likeness (QED) is 0.391. The number of pyridine rings is 1. The smallest absolute Gasteiger partial charge is 0.278 e. The minimum atomic E-state index is -0.179. The zero-order chi connectivity index (χ0) is 28.8. The maximum atomic E-state index is 13.6. The third-order valence-corrected chi connectivity index (χ3v) is 8.16. The number of nitrogens with zero attached hydrogens (tertiary/aromatic N) is 8. The number of piperazine rings is 1. The van der Waals surface area contributed by atoms with Crippen LogP contribution >= 0.6 is 0 Å². The molecular formula is C29H33N9O4. The lowest BCUT2D eigenvalue weighted by Gasteiger charge is -2.34. The number of hydrogen-bond acceptors (Lipinski definition) is 10. The van der Waals surface area contributed by atoms with Gasteiger partial charge in [0.2, 0.25) is 5.95 Å². The van der Waals surface area contributed by atoms with Crippen molar-refractivity contribution in [1.29, 1.82) is 0 Å². The molecule has 0 spiro atoms. The molecule has 0 aliphatic carbocycles. The van der Waals surface area contributed by atoms with E-state index in [1.165, 1.54) is 0 Å². The van der Waals surface area contributed by atoms with Gasteiger partial charge in [0, 0.05) is 51.2 Å². The van der Waals surface area contributed by atoms with E-state index in [1.807, 2.05) is 18.2 Å². The third-order valence-electron chi connectivity index (χ3n) is 8.16. The summed E-state index contributed by atoms with van der Waals surface area (Å²) < 4.78 is 14.7. The molecule has 7 rings (SSSR count). The molecule has 1 aromatic carbocycles. The molecule has 4 aromatic rings. The van der Waals surface area contributed by atoms with Crippen LogP contribution < -0.4 is 30.1 Å². The zero-order valence-electron chi connectivity index (χ0n) is 23.7. The molecule has 1 amide bonds. The van der Waals surface area contributed by atoms with Crippen LogP contribution in [-0.4, -0.2) is 88.6 Å². The van der Waals surface area contributed by atoms with Gasteiger partial charge < -0.3 is 24.6 Å². The molecule has 3 aliphatic rings. The van der Waals surface area contributed by atoms with Crippen molar-refractivity contribution in [3.05, 3.63) is 46.9 Å². The summed E-state index contributed by atoms with van der Waals surface area (Å²) in [6.45, 7) is 4.81. The van der Waals surface area contributed by atoms with Crippen molar-refractivity contribution in [2.24, 2.45) is 0 Å². The number of nitrogens with one attached hydrogen (secondary N) is 1. The Labute approximate surface area is 242 Å². The van der Waals surface area contributed by atoms with Crippen molar-refractivity contribution < 1.29 is 14.3 Å². The lowest BCUT2D eigenvalue weighted by molar-refractivity contribution is -0.121. The summed E-state index contributed by atoms with van der Waals surface area (Å²) in [4.78, 5) is 46.7. The van der Waals surface area contributed by atoms with Gasteiger partial charge >= 0.3 is 0 Å². The number of amides is 1. The van der Waals surface area contributed by atoms with Crippen molar-refractivity contribution in [2.45, 2.75) is 25.8 Å². The number of benzene rings is 1. The van der Waals surface area contributed by atoms with E-state index in [0.29, 0.717) is 47.5 Å². The van der Waals surface area contributed by atoms with Crippen molar-refractivity contribution in [1.82, 2.24) is 29.2 Å². The molecule has 6 heterocycles. The highest BCUT2D eigenvalue weighted by atomic mass is 16.5. The number of carbonyl (C=O) groups is 1. The molecule has 0 atom stereocenters. The fourth-order valence-corrected chi connectivity index (χ4v) is 5.84. The molecule has 1 N–H and O–H groups in total. The fraction of sp³-hybridized carbons (Fsp3) is 0.414. The SMILES string of the molecule is COc1ccc(Nc2ncc3c(=O)n4n(c3n2)-c2ccc3c(n2)N(CCCCC4)C(=O)CO3)cc1N1CCN(C)CC1. The summed E-state index contributed by atoms with van der Waals surface area (Å²) in [7, 11) is 3.81. The van der Waals surface area contributed by atoms with Gasteiger partial charge in [0.25, 0.3) is 11.5 Å². The van der Waals surface area contributed by atoms with Gasteiger partial charge in [0.05, 0.1) is 12.8 Å². The Bertz CT molecular complexity index is 1720. The number of aromatic nitrogens is 5. The first-order chi connectivity index (χ1) is 20.5. The summed E-state index contributed by atoms with van der Waals surface area (Å²) in [5, 5.41) is 3.72. The standard InChI is InChI=1S/C29H33N9O4/c1-34-12-14-35(15-13-34)21-16-19(6-7-22(21)41-2)31-29-30-17-20-26(33-29)38-24-9-8-23-27(32-24)36(25(39)18-42-23)10-4-3-5-11-37(38)28(20)40/h6-9,16-17H,3-5,10-15,18H2,1-2H3,(H,30,31,33). The molecule has 218 valence electrons. The molecule has 0 unspecified atom stereocenters. The number of methoxy groups -OCH3 is 1. The highest BCUT2D eigenvalue weighted by Crippen LogP contribution is 2.34. The normalized spacial score (nSPS) is 17.4. The number of fused-ring (bicyclic) bond motifs is 5. The predicted molar refractivity (Wildman–Crippen MR) is 159 cm³/mol. The molecule has 1 saturated heterocycles. The van der Waals surface area contributed by atoms with E-state index < -0.39 is 0 Å². The molecule has 13 nitrogen and oxygen atoms in total. The highest BCUT2D eigenvalue weighted by molar-refractivity contribution is 5.96. The fourth-order valence-electron chi connectivity index (χ4n) is 5.84. The van der Waals surface area contributed by atoms with E-state index in [4.69, 9.17) is 19.4 Å². The Morgan fingerprint density at radius 1 is 0.952 bits per heavy atom. The highest BCUT2D eigenvalue weighted by Gasteiger charge is 2.29. The number of rotatable bonds is 4. The van der Waals surface area contributed by atoms with Crippen molar-refractivity contribution in [3.8, 4) is 17.3 Å². The molecule has 2 bridgehead atoms. The Morgan fingerprint density at radius 2 is 1.79 bits per heavy atom. The van der Waals surface area contributed by atoms with Gasteiger partial charge in [-0.3, -0.25) is 14.5 Å². The summed E-state index contributed by atoms with van der Waals surface area (Å²) in [6, 6.07) is 9.50. The Hall–Kier alpha value is -4.65. The van der Waals surface area contributed by atoms with Crippen LogP contribution in [0.5, 0.6) is 11.5 Å². The number of anilines is 4. The van der Waals surface area contributed by atoms with Crippen molar-refractivity contribution in [3.63, 3.8) is 0 Å². The van der Waals surface area contributed by atoms with Gasteiger partial charge in [-0.25, -0.2) is 19.3 Å². The maximum absolute atomic E-state index is 13.6. The van der Waals surface area contributed by atoms with Crippen LogP contribution in [0.2, 0.25) is 0 Å². The molecule has 0 radical (unpaired) electrons. The first-order valence-corrected chi connectivity index (χ1v) is 14.3. The molecule has 1 fully saturated rings. The van der Waals surface area contributed by atoms with Crippen LogP contribution in [0.1, 0.15) is 19.3 Å². The van der Waals surface area contributed by atoms with E-state index in [2.05, 4.69) is 27.1 Å². The van der Waals surface area contributed by atoms with Crippen LogP contribution in [0, 0.1) is 0 Å². The number of carbonyl (C=O) groups excluding carboxylic acids is 1. The van der Waals surface area contributed by atoms with Gasteiger partial charge in [0.1, 0.15) is 11.1 Å². The average molecular weight is 572 g/mol. The van der Waals surface area contributed by atoms with Gasteiger partial charge in [-0.2, -0.15) is 4.98 Å². The number of ether oxygens (including phenoxy) is 2. The summed E-state index contributed by atoms with van der Waals surface area (Å²) in [5.41, 5.74) is 2.07. The van der Waals surface area contributed by atoms with Gasteiger partial charge in [0.15, 0.2) is 29.6 Å². The molecule has 13 heteroatoms. The molecule has 3 aliphatic heterocycles.